The fourth-order valence-electron chi connectivity index (χ4n) is 3.54. The Kier molecular flexibility index (Phi) is 6.16. The van der Waals surface area contributed by atoms with Crippen molar-refractivity contribution in [3.05, 3.63) is 58.6 Å². The number of aliphatic imine (C=N–C) groups is 2. The van der Waals surface area contributed by atoms with Crippen LogP contribution in [0.1, 0.15) is 31.4 Å². The zero-order chi connectivity index (χ0) is 22.1. The quantitative estimate of drug-likeness (QED) is 0.688. The first-order valence-corrected chi connectivity index (χ1v) is 11.5. The summed E-state index contributed by atoms with van der Waals surface area (Å²) in [6, 6.07) is 12.6. The lowest BCUT2D eigenvalue weighted by Gasteiger charge is -2.25. The summed E-state index contributed by atoms with van der Waals surface area (Å²) in [6.45, 7) is 6.05. The summed E-state index contributed by atoms with van der Waals surface area (Å²) < 4.78 is 0. The Morgan fingerprint density at radius 1 is 1.26 bits per heavy atom. The maximum atomic E-state index is 13.1. The Morgan fingerprint density at radius 3 is 2.81 bits per heavy atom. The highest BCUT2D eigenvalue weighted by atomic mass is 35.5. The van der Waals surface area contributed by atoms with Crippen LogP contribution >= 0.6 is 23.4 Å². The second kappa shape index (κ2) is 8.85. The molecule has 2 aliphatic heterocycles. The van der Waals surface area contributed by atoms with Gasteiger partial charge >= 0.3 is 0 Å². The van der Waals surface area contributed by atoms with E-state index in [1.54, 1.807) is 17.0 Å². The number of benzene rings is 2. The number of carbonyl (C=O) groups excluding carboxylic acids is 2. The van der Waals surface area contributed by atoms with E-state index in [0.717, 1.165) is 16.8 Å². The van der Waals surface area contributed by atoms with Gasteiger partial charge in [-0.2, -0.15) is 0 Å². The van der Waals surface area contributed by atoms with Crippen molar-refractivity contribution < 1.29 is 9.59 Å². The Morgan fingerprint density at radius 2 is 2.03 bits per heavy atom. The largest absolute Gasteiger partial charge is 0.325 e. The number of nitrogens with one attached hydrogen (secondary N) is 1. The van der Waals surface area contributed by atoms with Crippen LogP contribution in [0.3, 0.4) is 0 Å². The number of anilines is 1. The molecule has 160 valence electrons. The van der Waals surface area contributed by atoms with Gasteiger partial charge in [-0.1, -0.05) is 55.4 Å². The summed E-state index contributed by atoms with van der Waals surface area (Å²) in [7, 11) is 0. The van der Waals surface area contributed by atoms with Crippen LogP contribution in [-0.4, -0.2) is 39.5 Å². The molecule has 2 heterocycles. The second-order valence-electron chi connectivity index (χ2n) is 7.98. The molecule has 0 saturated carbocycles. The fraction of sp³-hybridized carbons (Fsp3) is 0.304. The van der Waals surface area contributed by atoms with Gasteiger partial charge in [0.2, 0.25) is 5.91 Å². The number of fused-ring (bicyclic) bond motifs is 3. The van der Waals surface area contributed by atoms with E-state index in [-0.39, 0.29) is 17.6 Å². The van der Waals surface area contributed by atoms with Crippen molar-refractivity contribution in [2.45, 2.75) is 33.2 Å². The molecule has 6 nitrogen and oxygen atoms in total. The van der Waals surface area contributed by atoms with Gasteiger partial charge < -0.3 is 5.32 Å². The maximum absolute atomic E-state index is 13.1. The average molecular weight is 455 g/mol. The number of rotatable bonds is 5. The van der Waals surface area contributed by atoms with Crippen LogP contribution in [0.4, 0.5) is 11.4 Å². The predicted molar refractivity (Wildman–Crippen MR) is 127 cm³/mol. The number of aryl methyl sites for hydroxylation is 1. The van der Waals surface area contributed by atoms with E-state index in [9.17, 15) is 9.59 Å². The average Bonchev–Trinajstić information content (AvgIpc) is 3.05. The SMILES string of the molecule is Cc1ccc(Cl)cc1NC(=O)CSC1=Nc2ccccc2C2=NC(CC(C)C)C(=O)N12. The van der Waals surface area contributed by atoms with Crippen molar-refractivity contribution in [2.24, 2.45) is 15.9 Å². The van der Waals surface area contributed by atoms with E-state index in [1.165, 1.54) is 11.8 Å². The lowest BCUT2D eigenvalue weighted by atomic mass is 10.0. The number of para-hydroxylation sites is 1. The molecular formula is C23H23ClN4O2S. The third-order valence-electron chi connectivity index (χ3n) is 5.05. The summed E-state index contributed by atoms with van der Waals surface area (Å²) in [6.07, 6.45) is 0.674. The van der Waals surface area contributed by atoms with E-state index in [0.29, 0.717) is 34.1 Å². The molecule has 0 aromatic heterocycles. The number of hydrogen-bond donors (Lipinski definition) is 1. The predicted octanol–water partition coefficient (Wildman–Crippen LogP) is 5.02. The number of thioether (sulfide) groups is 1. The number of carbonyl (C=O) groups is 2. The number of amidine groups is 2. The lowest BCUT2D eigenvalue weighted by molar-refractivity contribution is -0.125. The van der Waals surface area contributed by atoms with E-state index in [1.807, 2.05) is 37.3 Å². The van der Waals surface area contributed by atoms with Crippen LogP contribution in [-0.2, 0) is 9.59 Å². The zero-order valence-electron chi connectivity index (χ0n) is 17.6. The van der Waals surface area contributed by atoms with Gasteiger partial charge in [-0.3, -0.25) is 14.6 Å². The molecule has 0 aliphatic carbocycles. The van der Waals surface area contributed by atoms with Gasteiger partial charge in [0.05, 0.1) is 11.4 Å². The smallest absolute Gasteiger partial charge is 0.259 e. The fourth-order valence-corrected chi connectivity index (χ4v) is 4.52. The molecule has 0 bridgehead atoms. The molecule has 0 saturated heterocycles. The summed E-state index contributed by atoms with van der Waals surface area (Å²) >= 11 is 7.27. The van der Waals surface area contributed by atoms with Gasteiger partial charge in [-0.25, -0.2) is 9.89 Å². The molecule has 2 aromatic carbocycles. The summed E-state index contributed by atoms with van der Waals surface area (Å²) in [5.74, 6) is 0.791. The Bertz CT molecular complexity index is 1110. The Balaban J connectivity index is 1.55. The molecule has 2 amide bonds. The molecule has 2 aliphatic rings. The minimum Gasteiger partial charge on any atom is -0.325 e. The molecule has 2 aromatic rings. The molecule has 31 heavy (non-hydrogen) atoms. The topological polar surface area (TPSA) is 74.1 Å². The normalized spacial score (nSPS) is 17.3. The van der Waals surface area contributed by atoms with Gasteiger partial charge in [0, 0.05) is 16.3 Å². The first-order valence-electron chi connectivity index (χ1n) is 10.1. The first kappa shape index (κ1) is 21.6. The Hall–Kier alpha value is -2.64. The summed E-state index contributed by atoms with van der Waals surface area (Å²) in [4.78, 5) is 36.7. The molecule has 1 unspecified atom stereocenters. The number of halogens is 1. The van der Waals surface area contributed by atoms with Gasteiger partial charge in [0.1, 0.15) is 11.9 Å². The van der Waals surface area contributed by atoms with Crippen molar-refractivity contribution in [3.8, 4) is 0 Å². The highest BCUT2D eigenvalue weighted by Crippen LogP contribution is 2.34. The van der Waals surface area contributed by atoms with E-state index < -0.39 is 6.04 Å². The zero-order valence-corrected chi connectivity index (χ0v) is 19.1. The van der Waals surface area contributed by atoms with Crippen molar-refractivity contribution in [1.29, 1.82) is 0 Å². The van der Waals surface area contributed by atoms with Gasteiger partial charge in [0.25, 0.3) is 5.91 Å². The molecule has 8 heteroatoms. The van der Waals surface area contributed by atoms with Crippen LogP contribution in [0.15, 0.2) is 52.4 Å². The highest BCUT2D eigenvalue weighted by Gasteiger charge is 2.41. The lowest BCUT2D eigenvalue weighted by Crippen LogP contribution is -2.41. The first-order chi connectivity index (χ1) is 14.8. The molecule has 0 radical (unpaired) electrons. The maximum Gasteiger partial charge on any atom is 0.259 e. The number of hydrogen-bond acceptors (Lipinski definition) is 5. The number of nitrogens with zero attached hydrogens (tertiary/aromatic N) is 3. The van der Waals surface area contributed by atoms with Crippen molar-refractivity contribution in [2.75, 3.05) is 11.1 Å². The van der Waals surface area contributed by atoms with Crippen molar-refractivity contribution in [3.63, 3.8) is 0 Å². The molecule has 4 rings (SSSR count). The van der Waals surface area contributed by atoms with E-state index in [2.05, 4.69) is 24.2 Å². The molecular weight excluding hydrogens is 432 g/mol. The third kappa shape index (κ3) is 4.52. The van der Waals surface area contributed by atoms with Crippen LogP contribution in [0, 0.1) is 12.8 Å². The summed E-state index contributed by atoms with van der Waals surface area (Å²) in [5, 5.41) is 3.92. The molecule has 1 atom stereocenters. The van der Waals surface area contributed by atoms with E-state index in [4.69, 9.17) is 16.6 Å². The Labute approximate surface area is 190 Å². The molecule has 1 N–H and O–H groups in total. The minimum atomic E-state index is -0.421. The minimum absolute atomic E-state index is 0.0875. The third-order valence-corrected chi connectivity index (χ3v) is 6.22. The monoisotopic (exact) mass is 454 g/mol. The summed E-state index contributed by atoms with van der Waals surface area (Å²) in [5.41, 5.74) is 3.19. The van der Waals surface area contributed by atoms with Gasteiger partial charge in [0.15, 0.2) is 5.17 Å². The van der Waals surface area contributed by atoms with Crippen LogP contribution in [0.2, 0.25) is 5.02 Å². The van der Waals surface area contributed by atoms with Crippen LogP contribution in [0.5, 0.6) is 0 Å². The van der Waals surface area contributed by atoms with Gasteiger partial charge in [-0.05, 0) is 49.1 Å². The highest BCUT2D eigenvalue weighted by molar-refractivity contribution is 8.14. The van der Waals surface area contributed by atoms with Crippen LogP contribution in [0.25, 0.3) is 0 Å². The second-order valence-corrected chi connectivity index (χ2v) is 9.36. The van der Waals surface area contributed by atoms with E-state index >= 15 is 0 Å². The number of amides is 2. The van der Waals surface area contributed by atoms with Crippen LogP contribution < -0.4 is 5.32 Å². The standard InChI is InChI=1S/C23H23ClN4O2S/c1-13(2)10-19-22(30)28-21(26-19)16-6-4-5-7-17(16)27-23(28)31-12-20(29)25-18-11-15(24)9-8-14(18)3/h4-9,11,13,19H,10,12H2,1-3H3,(H,25,29). The van der Waals surface area contributed by atoms with Gasteiger partial charge in [-0.15, -0.1) is 0 Å². The van der Waals surface area contributed by atoms with Crippen molar-refractivity contribution in [1.82, 2.24) is 4.90 Å². The molecule has 0 fully saturated rings. The van der Waals surface area contributed by atoms with Crippen molar-refractivity contribution >= 4 is 57.6 Å². The molecule has 0 spiro atoms.